The molecule has 0 aliphatic carbocycles. The zero-order chi connectivity index (χ0) is 18.4. The Morgan fingerprint density at radius 3 is 2.04 bits per heavy atom. The average Bonchev–Trinajstić information content (AvgIpc) is 2.70. The molecule has 2 heteroatoms. The summed E-state index contributed by atoms with van der Waals surface area (Å²) in [4.78, 5) is 2.37. The Labute approximate surface area is 156 Å². The summed E-state index contributed by atoms with van der Waals surface area (Å²) < 4.78 is 0. The van der Waals surface area contributed by atoms with Crippen molar-refractivity contribution in [1.29, 1.82) is 0 Å². The Balaban J connectivity index is 1.86. The molecule has 2 atom stereocenters. The lowest BCUT2D eigenvalue weighted by atomic mass is 9.94. The molecule has 134 valence electrons. The Morgan fingerprint density at radius 2 is 1.38 bits per heavy atom. The van der Waals surface area contributed by atoms with Crippen LogP contribution in [0.15, 0.2) is 84.9 Å². The molecule has 26 heavy (non-hydrogen) atoms. The Kier molecular flexibility index (Phi) is 6.08. The highest BCUT2D eigenvalue weighted by Gasteiger charge is 2.24. The van der Waals surface area contributed by atoms with Crippen molar-refractivity contribution in [3.05, 3.63) is 102 Å². The van der Waals surface area contributed by atoms with Crippen LogP contribution in [0.4, 0.5) is 0 Å². The molecule has 0 fully saturated rings. The molecule has 0 aliphatic rings. The van der Waals surface area contributed by atoms with Crippen LogP contribution in [0.1, 0.15) is 42.1 Å². The van der Waals surface area contributed by atoms with Gasteiger partial charge in [-0.05, 0) is 44.0 Å². The number of nitrogens with zero attached hydrogens (tertiary/aromatic N) is 1. The smallest absolute Gasteiger partial charge is 0.120 e. The van der Waals surface area contributed by atoms with Gasteiger partial charge < -0.3 is 5.11 Å². The molecule has 0 heterocycles. The van der Waals surface area contributed by atoms with E-state index in [2.05, 4.69) is 67.4 Å². The fraction of sp³-hybridized carbons (Fsp3) is 0.250. The second-order valence-corrected chi connectivity index (χ2v) is 6.85. The molecular formula is C24H27NO. The fourth-order valence-corrected chi connectivity index (χ4v) is 3.53. The van der Waals surface area contributed by atoms with Gasteiger partial charge in [-0.2, -0.15) is 0 Å². The SMILES string of the molecule is C[C@H](c1ccccc1)N(C)[C@H](CCc1ccccc1)c1ccccc1O. The Bertz CT molecular complexity index is 801. The standard InChI is InChI=1S/C24H27NO/c1-19(21-13-7-4-8-14-21)25(2)23(22-15-9-10-16-24(22)26)18-17-20-11-5-3-6-12-20/h3-16,19,23,26H,17-18H2,1-2H3/t19-,23-/m1/s1. The summed E-state index contributed by atoms with van der Waals surface area (Å²) in [5, 5.41) is 10.5. The Morgan fingerprint density at radius 1 is 0.808 bits per heavy atom. The molecule has 3 aromatic carbocycles. The summed E-state index contributed by atoms with van der Waals surface area (Å²) in [5.41, 5.74) is 3.61. The maximum Gasteiger partial charge on any atom is 0.120 e. The molecule has 0 saturated heterocycles. The maximum atomic E-state index is 10.5. The largest absolute Gasteiger partial charge is 0.508 e. The minimum atomic E-state index is 0.145. The first-order valence-electron chi connectivity index (χ1n) is 9.25. The van der Waals surface area contributed by atoms with Crippen LogP contribution in [0.25, 0.3) is 0 Å². The van der Waals surface area contributed by atoms with Gasteiger partial charge in [0, 0.05) is 17.6 Å². The molecule has 0 amide bonds. The zero-order valence-electron chi connectivity index (χ0n) is 15.5. The molecule has 0 aliphatic heterocycles. The number of rotatable bonds is 7. The van der Waals surface area contributed by atoms with E-state index in [1.165, 1.54) is 11.1 Å². The summed E-state index contributed by atoms with van der Waals surface area (Å²) in [7, 11) is 2.15. The van der Waals surface area contributed by atoms with E-state index in [1.54, 1.807) is 6.07 Å². The van der Waals surface area contributed by atoms with Gasteiger partial charge in [0.05, 0.1) is 0 Å². The molecule has 0 bridgehead atoms. The number of benzene rings is 3. The van der Waals surface area contributed by atoms with Crippen molar-refractivity contribution < 1.29 is 5.11 Å². The normalized spacial score (nSPS) is 13.5. The summed E-state index contributed by atoms with van der Waals surface area (Å²) >= 11 is 0. The Hall–Kier alpha value is -2.58. The van der Waals surface area contributed by atoms with Crippen LogP contribution in [0.2, 0.25) is 0 Å². The lowest BCUT2D eigenvalue weighted by Gasteiger charge is -2.34. The molecule has 0 saturated carbocycles. The van der Waals surface area contributed by atoms with Crippen LogP contribution >= 0.6 is 0 Å². The molecular weight excluding hydrogens is 318 g/mol. The van der Waals surface area contributed by atoms with Crippen LogP contribution in [-0.4, -0.2) is 17.1 Å². The lowest BCUT2D eigenvalue weighted by molar-refractivity contribution is 0.173. The fourth-order valence-electron chi connectivity index (χ4n) is 3.53. The number of phenols is 1. The highest BCUT2D eigenvalue weighted by Crippen LogP contribution is 2.36. The van der Waals surface area contributed by atoms with Gasteiger partial charge in [-0.15, -0.1) is 0 Å². The average molecular weight is 345 g/mol. The predicted octanol–water partition coefficient (Wildman–Crippen LogP) is 5.76. The van der Waals surface area contributed by atoms with Crippen molar-refractivity contribution in [3.63, 3.8) is 0 Å². The molecule has 3 rings (SSSR count). The van der Waals surface area contributed by atoms with Crippen LogP contribution in [0, 0.1) is 0 Å². The minimum absolute atomic E-state index is 0.145. The van der Waals surface area contributed by atoms with Crippen LogP contribution in [0.5, 0.6) is 5.75 Å². The third-order valence-corrected chi connectivity index (χ3v) is 5.23. The molecule has 2 nitrogen and oxygen atoms in total. The van der Waals surface area contributed by atoms with Gasteiger partial charge in [-0.1, -0.05) is 78.9 Å². The van der Waals surface area contributed by atoms with Crippen molar-refractivity contribution in [3.8, 4) is 5.75 Å². The minimum Gasteiger partial charge on any atom is -0.508 e. The van der Waals surface area contributed by atoms with E-state index in [0.29, 0.717) is 5.75 Å². The van der Waals surface area contributed by atoms with E-state index in [0.717, 1.165) is 18.4 Å². The first-order valence-corrected chi connectivity index (χ1v) is 9.25. The van der Waals surface area contributed by atoms with E-state index in [4.69, 9.17) is 0 Å². The summed E-state index contributed by atoms with van der Waals surface area (Å²) in [6.45, 7) is 2.23. The molecule has 0 radical (unpaired) electrons. The zero-order valence-corrected chi connectivity index (χ0v) is 15.5. The highest BCUT2D eigenvalue weighted by atomic mass is 16.3. The number of hydrogen-bond donors (Lipinski definition) is 1. The van der Waals surface area contributed by atoms with Crippen molar-refractivity contribution in [1.82, 2.24) is 4.90 Å². The molecule has 0 spiro atoms. The quantitative estimate of drug-likeness (QED) is 0.588. The summed E-state index contributed by atoms with van der Waals surface area (Å²) in [6, 6.07) is 29.2. The third kappa shape index (κ3) is 4.33. The van der Waals surface area contributed by atoms with E-state index in [-0.39, 0.29) is 12.1 Å². The first kappa shape index (κ1) is 18.2. The van der Waals surface area contributed by atoms with Gasteiger partial charge in [0.25, 0.3) is 0 Å². The van der Waals surface area contributed by atoms with E-state index >= 15 is 0 Å². The van der Waals surface area contributed by atoms with Gasteiger partial charge in [-0.3, -0.25) is 4.90 Å². The number of para-hydroxylation sites is 1. The van der Waals surface area contributed by atoms with E-state index < -0.39 is 0 Å². The highest BCUT2D eigenvalue weighted by molar-refractivity contribution is 5.35. The van der Waals surface area contributed by atoms with Gasteiger partial charge in [-0.25, -0.2) is 0 Å². The monoisotopic (exact) mass is 345 g/mol. The van der Waals surface area contributed by atoms with Gasteiger partial charge in [0.2, 0.25) is 0 Å². The number of aromatic hydroxyl groups is 1. The van der Waals surface area contributed by atoms with E-state index in [1.807, 2.05) is 30.3 Å². The predicted molar refractivity (Wildman–Crippen MR) is 108 cm³/mol. The molecule has 1 N–H and O–H groups in total. The second kappa shape index (κ2) is 8.68. The summed E-state index contributed by atoms with van der Waals surface area (Å²) in [6.07, 6.45) is 1.93. The maximum absolute atomic E-state index is 10.5. The van der Waals surface area contributed by atoms with Crippen LogP contribution in [0.3, 0.4) is 0 Å². The third-order valence-electron chi connectivity index (χ3n) is 5.23. The van der Waals surface area contributed by atoms with Crippen molar-refractivity contribution >= 4 is 0 Å². The molecule has 0 unspecified atom stereocenters. The topological polar surface area (TPSA) is 23.5 Å². The lowest BCUT2D eigenvalue weighted by Crippen LogP contribution is -2.28. The van der Waals surface area contributed by atoms with Crippen LogP contribution < -0.4 is 0 Å². The first-order chi connectivity index (χ1) is 12.7. The van der Waals surface area contributed by atoms with Crippen LogP contribution in [-0.2, 0) is 6.42 Å². The second-order valence-electron chi connectivity index (χ2n) is 6.85. The van der Waals surface area contributed by atoms with Gasteiger partial charge in [0.1, 0.15) is 5.75 Å². The number of aryl methyl sites for hydroxylation is 1. The number of hydrogen-bond acceptors (Lipinski definition) is 2. The molecule has 3 aromatic rings. The van der Waals surface area contributed by atoms with Gasteiger partial charge in [0.15, 0.2) is 0 Å². The van der Waals surface area contributed by atoms with Crippen molar-refractivity contribution in [2.75, 3.05) is 7.05 Å². The summed E-state index contributed by atoms with van der Waals surface area (Å²) in [5.74, 6) is 0.373. The molecule has 0 aromatic heterocycles. The van der Waals surface area contributed by atoms with Crippen molar-refractivity contribution in [2.24, 2.45) is 0 Å². The van der Waals surface area contributed by atoms with Crippen molar-refractivity contribution in [2.45, 2.75) is 31.8 Å². The van der Waals surface area contributed by atoms with Gasteiger partial charge >= 0.3 is 0 Å². The number of phenolic OH excluding ortho intramolecular Hbond substituents is 1. The van der Waals surface area contributed by atoms with E-state index in [9.17, 15) is 5.11 Å².